The Kier molecular flexibility index (Phi) is 10.1. The summed E-state index contributed by atoms with van der Waals surface area (Å²) in [6.45, 7) is 0.722. The Morgan fingerprint density at radius 1 is 1.24 bits per heavy atom. The van der Waals surface area contributed by atoms with Crippen LogP contribution in [0.2, 0.25) is 0 Å². The molecule has 1 unspecified atom stereocenters. The third kappa shape index (κ3) is 7.63. The van der Waals surface area contributed by atoms with E-state index in [0.29, 0.717) is 17.5 Å². The average Bonchev–Trinajstić information content (AvgIpc) is 3.14. The number of halogens is 4. The second-order valence-corrected chi connectivity index (χ2v) is 7.13. The number of rotatable bonds is 7. The smallest absolute Gasteiger partial charge is 0.434 e. The molecule has 0 spiro atoms. The Labute approximate surface area is 189 Å². The van der Waals surface area contributed by atoms with Gasteiger partial charge < -0.3 is 20.3 Å². The van der Waals surface area contributed by atoms with Gasteiger partial charge in [0.15, 0.2) is 11.7 Å². The fraction of sp³-hybridized carbons (Fsp3) is 0.444. The van der Waals surface area contributed by atoms with E-state index in [9.17, 15) is 13.2 Å². The lowest BCUT2D eigenvalue weighted by Gasteiger charge is -2.26. The molecule has 162 valence electrons. The lowest BCUT2D eigenvalue weighted by molar-refractivity contribution is -0.140. The fourth-order valence-electron chi connectivity index (χ4n) is 2.52. The quantitative estimate of drug-likeness (QED) is 0.317. The van der Waals surface area contributed by atoms with Gasteiger partial charge in [0.25, 0.3) is 0 Å². The highest BCUT2D eigenvalue weighted by molar-refractivity contribution is 14.0. The number of nitrogens with zero attached hydrogens (tertiary/aromatic N) is 3. The number of nitrogens with one attached hydrogen (secondary N) is 2. The number of aromatic nitrogens is 1. The molecule has 29 heavy (non-hydrogen) atoms. The van der Waals surface area contributed by atoms with Crippen LogP contribution in [0.15, 0.2) is 34.6 Å². The first-order valence-electron chi connectivity index (χ1n) is 8.51. The molecule has 1 aromatic carbocycles. The van der Waals surface area contributed by atoms with Crippen molar-refractivity contribution in [2.75, 3.05) is 34.8 Å². The normalized spacial score (nSPS) is 13.0. The Hall–Kier alpha value is -1.60. The van der Waals surface area contributed by atoms with Gasteiger partial charge in [-0.15, -0.1) is 35.3 Å². The molecular formula is C18H25F3IN5OS. The molecule has 0 saturated heterocycles. The fourth-order valence-corrected chi connectivity index (χ4v) is 3.26. The van der Waals surface area contributed by atoms with E-state index in [2.05, 4.69) is 25.5 Å². The summed E-state index contributed by atoms with van der Waals surface area (Å²) in [6.07, 6.45) is -4.42. The maximum Gasteiger partial charge on any atom is 0.434 e. The Bertz CT molecular complexity index is 781. The summed E-state index contributed by atoms with van der Waals surface area (Å²) in [5, 5.41) is 7.56. The van der Waals surface area contributed by atoms with Crippen molar-refractivity contribution < 1.29 is 17.9 Å². The predicted octanol–water partition coefficient (Wildman–Crippen LogP) is 3.76. The molecule has 0 aliphatic carbocycles. The minimum atomic E-state index is -4.42. The first kappa shape index (κ1) is 25.4. The van der Waals surface area contributed by atoms with Crippen LogP contribution in [-0.2, 0) is 12.7 Å². The number of methoxy groups -OCH3 is 1. The molecule has 0 aliphatic rings. The molecule has 1 heterocycles. The number of likely N-dealkylation sites (N-methyl/N-ethyl adjacent to an activating group) is 1. The molecule has 2 aromatic rings. The van der Waals surface area contributed by atoms with E-state index >= 15 is 0 Å². The molecule has 0 saturated carbocycles. The van der Waals surface area contributed by atoms with E-state index in [1.54, 1.807) is 14.2 Å². The summed E-state index contributed by atoms with van der Waals surface area (Å²) in [6, 6.07) is 7.87. The molecule has 1 aromatic heterocycles. The number of hydrogen-bond donors (Lipinski definition) is 2. The largest absolute Gasteiger partial charge is 0.497 e. The first-order chi connectivity index (χ1) is 13.2. The zero-order chi connectivity index (χ0) is 20.7. The second kappa shape index (κ2) is 11.6. The molecule has 0 amide bonds. The van der Waals surface area contributed by atoms with Gasteiger partial charge in [-0.3, -0.25) is 4.99 Å². The predicted molar refractivity (Wildman–Crippen MR) is 120 cm³/mol. The maximum atomic E-state index is 12.6. The van der Waals surface area contributed by atoms with Crippen molar-refractivity contribution in [2.24, 2.45) is 4.99 Å². The molecule has 0 fully saturated rings. The van der Waals surface area contributed by atoms with E-state index in [1.165, 1.54) is 0 Å². The Balaban J connectivity index is 0.00000420. The third-order valence-corrected chi connectivity index (χ3v) is 4.91. The number of thiazole rings is 1. The summed E-state index contributed by atoms with van der Waals surface area (Å²) in [4.78, 5) is 9.79. The van der Waals surface area contributed by atoms with Gasteiger partial charge in [0.1, 0.15) is 10.8 Å². The molecule has 11 heteroatoms. The van der Waals surface area contributed by atoms with Crippen molar-refractivity contribution in [1.82, 2.24) is 20.5 Å². The molecular weight excluding hydrogens is 518 g/mol. The van der Waals surface area contributed by atoms with Crippen LogP contribution in [0.4, 0.5) is 13.2 Å². The van der Waals surface area contributed by atoms with Gasteiger partial charge in [-0.1, -0.05) is 12.1 Å². The highest BCUT2D eigenvalue weighted by atomic mass is 127. The van der Waals surface area contributed by atoms with Crippen molar-refractivity contribution in [3.05, 3.63) is 45.9 Å². The van der Waals surface area contributed by atoms with Gasteiger partial charge in [0.05, 0.1) is 19.7 Å². The first-order valence-corrected chi connectivity index (χ1v) is 9.39. The van der Waals surface area contributed by atoms with Crippen LogP contribution in [0.5, 0.6) is 5.75 Å². The topological polar surface area (TPSA) is 61.8 Å². The van der Waals surface area contributed by atoms with Crippen LogP contribution in [0.3, 0.4) is 0 Å². The molecule has 6 nitrogen and oxygen atoms in total. The summed E-state index contributed by atoms with van der Waals surface area (Å²) >= 11 is 0.962. The van der Waals surface area contributed by atoms with E-state index in [4.69, 9.17) is 4.74 Å². The number of hydrogen-bond acceptors (Lipinski definition) is 5. The molecule has 2 N–H and O–H groups in total. The highest BCUT2D eigenvalue weighted by Gasteiger charge is 2.33. The van der Waals surface area contributed by atoms with Crippen LogP contribution < -0.4 is 15.4 Å². The zero-order valence-electron chi connectivity index (χ0n) is 16.6. The SMILES string of the molecule is CN=C(NCc1nc(C(F)(F)F)cs1)NCC(c1ccc(OC)cc1)N(C)C.I. The van der Waals surface area contributed by atoms with Gasteiger partial charge in [-0.05, 0) is 31.8 Å². The van der Waals surface area contributed by atoms with Gasteiger partial charge in [-0.2, -0.15) is 13.2 Å². The third-order valence-electron chi connectivity index (χ3n) is 4.06. The minimum absolute atomic E-state index is 0. The molecule has 0 radical (unpaired) electrons. The van der Waals surface area contributed by atoms with Crippen molar-refractivity contribution in [3.63, 3.8) is 0 Å². The van der Waals surface area contributed by atoms with Crippen molar-refractivity contribution in [3.8, 4) is 5.75 Å². The number of alkyl halides is 3. The molecule has 0 aliphatic heterocycles. The van der Waals surface area contributed by atoms with E-state index in [0.717, 1.165) is 28.0 Å². The number of aliphatic imine (C=N–C) groups is 1. The van der Waals surface area contributed by atoms with Crippen LogP contribution in [0.25, 0.3) is 0 Å². The summed E-state index contributed by atoms with van der Waals surface area (Å²) < 4.78 is 43.1. The standard InChI is InChI=1S/C18H24F3N5OS.HI/c1-22-17(24-10-16-25-15(11-28-16)18(19,20)21)23-9-14(26(2)3)12-5-7-13(27-4)8-6-12;/h5-8,11,14H,9-10H2,1-4H3,(H2,22,23,24);1H. The van der Waals surface area contributed by atoms with Crippen LogP contribution in [0.1, 0.15) is 22.3 Å². The number of ether oxygens (including phenoxy) is 1. The Morgan fingerprint density at radius 2 is 1.90 bits per heavy atom. The number of guanidine groups is 1. The van der Waals surface area contributed by atoms with Crippen molar-refractivity contribution >= 4 is 41.3 Å². The molecule has 1 atom stereocenters. The van der Waals surface area contributed by atoms with Crippen LogP contribution in [-0.4, -0.2) is 50.6 Å². The second-order valence-electron chi connectivity index (χ2n) is 6.18. The van der Waals surface area contributed by atoms with E-state index < -0.39 is 11.9 Å². The summed E-state index contributed by atoms with van der Waals surface area (Å²) in [7, 11) is 7.17. The van der Waals surface area contributed by atoms with Crippen molar-refractivity contribution in [1.29, 1.82) is 0 Å². The zero-order valence-corrected chi connectivity index (χ0v) is 19.7. The molecule has 2 rings (SSSR count). The average molecular weight is 543 g/mol. The lowest BCUT2D eigenvalue weighted by atomic mass is 10.1. The van der Waals surface area contributed by atoms with Crippen LogP contribution in [0, 0.1) is 0 Å². The lowest BCUT2D eigenvalue weighted by Crippen LogP contribution is -2.41. The van der Waals surface area contributed by atoms with Crippen molar-refractivity contribution in [2.45, 2.75) is 18.8 Å². The monoisotopic (exact) mass is 543 g/mol. The summed E-state index contributed by atoms with van der Waals surface area (Å²) in [5.74, 6) is 1.28. The molecule has 0 bridgehead atoms. The maximum absolute atomic E-state index is 12.6. The van der Waals surface area contributed by atoms with Gasteiger partial charge >= 0.3 is 6.18 Å². The van der Waals surface area contributed by atoms with E-state index in [1.807, 2.05) is 38.4 Å². The van der Waals surface area contributed by atoms with Crippen LogP contribution >= 0.6 is 35.3 Å². The van der Waals surface area contributed by atoms with E-state index in [-0.39, 0.29) is 36.6 Å². The van der Waals surface area contributed by atoms with Gasteiger partial charge in [0, 0.05) is 19.0 Å². The van der Waals surface area contributed by atoms with Gasteiger partial charge in [-0.25, -0.2) is 4.98 Å². The summed E-state index contributed by atoms with van der Waals surface area (Å²) in [5.41, 5.74) is 0.230. The number of benzene rings is 1. The highest BCUT2D eigenvalue weighted by Crippen LogP contribution is 2.29. The minimum Gasteiger partial charge on any atom is -0.497 e. The van der Waals surface area contributed by atoms with Gasteiger partial charge in [0.2, 0.25) is 0 Å². The Morgan fingerprint density at radius 3 is 2.38 bits per heavy atom.